The minimum absolute atomic E-state index is 0.126. The van der Waals surface area contributed by atoms with Crippen LogP contribution in [-0.2, 0) is 10.0 Å². The first-order chi connectivity index (χ1) is 12.4. The van der Waals surface area contributed by atoms with Crippen LogP contribution in [0, 0.1) is 13.8 Å². The van der Waals surface area contributed by atoms with Crippen molar-refractivity contribution >= 4 is 21.4 Å². The van der Waals surface area contributed by atoms with Gasteiger partial charge in [-0.15, -0.1) is 11.3 Å². The normalized spacial score (nSPS) is 12.9. The van der Waals surface area contributed by atoms with Gasteiger partial charge in [0.05, 0.1) is 18.8 Å². The monoisotopic (exact) mass is 391 g/mol. The summed E-state index contributed by atoms with van der Waals surface area (Å²) in [5.41, 5.74) is 1.88. The Morgan fingerprint density at radius 3 is 2.62 bits per heavy atom. The first kappa shape index (κ1) is 18.6. The van der Waals surface area contributed by atoms with Crippen LogP contribution >= 0.6 is 11.3 Å². The van der Waals surface area contributed by atoms with Crippen molar-refractivity contribution in [2.45, 2.75) is 24.8 Å². The zero-order chi connectivity index (χ0) is 18.7. The third-order valence-electron chi connectivity index (χ3n) is 4.04. The number of ether oxygens (including phenoxy) is 1. The van der Waals surface area contributed by atoms with E-state index in [1.807, 2.05) is 42.1 Å². The van der Waals surface area contributed by atoms with Crippen molar-refractivity contribution in [2.24, 2.45) is 0 Å². The number of nitrogens with one attached hydrogen (secondary N) is 1. The van der Waals surface area contributed by atoms with Crippen molar-refractivity contribution in [3.8, 4) is 5.75 Å². The molecule has 0 aliphatic rings. The van der Waals surface area contributed by atoms with Gasteiger partial charge in [0.15, 0.2) is 0 Å². The molecule has 2 heterocycles. The van der Waals surface area contributed by atoms with Crippen LogP contribution in [0.4, 0.5) is 0 Å². The quantitative estimate of drug-likeness (QED) is 0.672. The predicted octanol–water partition coefficient (Wildman–Crippen LogP) is 3.14. The fourth-order valence-corrected chi connectivity index (χ4v) is 4.88. The number of rotatable bonds is 7. The van der Waals surface area contributed by atoms with Crippen molar-refractivity contribution in [3.05, 3.63) is 64.1 Å². The van der Waals surface area contributed by atoms with Crippen LogP contribution in [0.3, 0.4) is 0 Å². The molecule has 0 aliphatic heterocycles. The third-order valence-corrected chi connectivity index (χ3v) is 6.47. The number of nitrogens with zero attached hydrogens (tertiary/aromatic N) is 2. The van der Waals surface area contributed by atoms with Crippen molar-refractivity contribution in [2.75, 3.05) is 13.7 Å². The zero-order valence-electron chi connectivity index (χ0n) is 14.8. The first-order valence-corrected chi connectivity index (χ1v) is 10.5. The highest BCUT2D eigenvalue weighted by molar-refractivity contribution is 7.89. The SMILES string of the molecule is COc1ccccc1S(=O)(=O)NCC(c1cccs1)n1nc(C)cc1C. The Labute approximate surface area is 157 Å². The average Bonchev–Trinajstić information content (AvgIpc) is 3.25. The number of sulfonamides is 1. The fraction of sp³-hybridized carbons (Fsp3) is 0.278. The van der Waals surface area contributed by atoms with Gasteiger partial charge in [0.25, 0.3) is 0 Å². The molecule has 6 nitrogen and oxygen atoms in total. The van der Waals surface area contributed by atoms with E-state index in [9.17, 15) is 8.42 Å². The number of aryl methyl sites for hydroxylation is 2. The van der Waals surface area contributed by atoms with Gasteiger partial charge in [0, 0.05) is 17.1 Å². The summed E-state index contributed by atoms with van der Waals surface area (Å²) in [5, 5.41) is 6.51. The van der Waals surface area contributed by atoms with Gasteiger partial charge < -0.3 is 4.74 Å². The van der Waals surface area contributed by atoms with E-state index >= 15 is 0 Å². The number of para-hydroxylation sites is 1. The molecule has 138 valence electrons. The van der Waals surface area contributed by atoms with Gasteiger partial charge in [-0.3, -0.25) is 4.68 Å². The maximum atomic E-state index is 12.8. The van der Waals surface area contributed by atoms with Crippen LogP contribution in [0.15, 0.2) is 52.7 Å². The molecule has 2 aromatic heterocycles. The van der Waals surface area contributed by atoms with Crippen molar-refractivity contribution in [1.82, 2.24) is 14.5 Å². The summed E-state index contributed by atoms with van der Waals surface area (Å²) in [6.07, 6.45) is 0. The van der Waals surface area contributed by atoms with Crippen LogP contribution in [0.1, 0.15) is 22.3 Å². The molecule has 3 aromatic rings. The topological polar surface area (TPSA) is 73.2 Å². The van der Waals surface area contributed by atoms with E-state index in [0.717, 1.165) is 16.3 Å². The van der Waals surface area contributed by atoms with Crippen LogP contribution in [-0.4, -0.2) is 31.9 Å². The van der Waals surface area contributed by atoms with Crippen molar-refractivity contribution in [1.29, 1.82) is 0 Å². The predicted molar refractivity (Wildman–Crippen MR) is 102 cm³/mol. The molecule has 8 heteroatoms. The van der Waals surface area contributed by atoms with E-state index in [0.29, 0.717) is 5.75 Å². The molecule has 26 heavy (non-hydrogen) atoms. The van der Waals surface area contributed by atoms with Crippen molar-refractivity contribution in [3.63, 3.8) is 0 Å². The summed E-state index contributed by atoms with van der Waals surface area (Å²) in [5.74, 6) is 0.318. The van der Waals surface area contributed by atoms with Gasteiger partial charge in [-0.2, -0.15) is 5.10 Å². The second-order valence-electron chi connectivity index (χ2n) is 5.91. The standard InChI is InChI=1S/C18H21N3O3S2/c1-13-11-14(2)21(20-13)15(17-8-6-10-25-17)12-19-26(22,23)18-9-5-4-7-16(18)24-3/h4-11,15,19H,12H2,1-3H3. The highest BCUT2D eigenvalue weighted by Crippen LogP contribution is 2.26. The largest absolute Gasteiger partial charge is 0.495 e. The summed E-state index contributed by atoms with van der Waals surface area (Å²) < 4.78 is 35.3. The smallest absolute Gasteiger partial charge is 0.244 e. The van der Waals surface area contributed by atoms with Crippen LogP contribution in [0.5, 0.6) is 5.75 Å². The van der Waals surface area contributed by atoms with Gasteiger partial charge in [-0.25, -0.2) is 13.1 Å². The van der Waals surface area contributed by atoms with E-state index in [2.05, 4.69) is 9.82 Å². The second kappa shape index (κ2) is 7.61. The zero-order valence-corrected chi connectivity index (χ0v) is 16.5. The van der Waals surface area contributed by atoms with E-state index in [-0.39, 0.29) is 17.5 Å². The fourth-order valence-electron chi connectivity index (χ4n) is 2.86. The molecule has 0 aliphatic carbocycles. The molecule has 0 bridgehead atoms. The minimum Gasteiger partial charge on any atom is -0.495 e. The molecule has 0 saturated carbocycles. The molecule has 0 amide bonds. The number of methoxy groups -OCH3 is 1. The molecule has 3 rings (SSSR count). The van der Waals surface area contributed by atoms with Crippen LogP contribution < -0.4 is 9.46 Å². The van der Waals surface area contributed by atoms with E-state index in [1.54, 1.807) is 29.5 Å². The molecule has 0 radical (unpaired) electrons. The highest BCUT2D eigenvalue weighted by atomic mass is 32.2. The molecule has 1 atom stereocenters. The number of benzene rings is 1. The van der Waals surface area contributed by atoms with E-state index in [4.69, 9.17) is 4.74 Å². The van der Waals surface area contributed by atoms with E-state index < -0.39 is 10.0 Å². The third kappa shape index (κ3) is 3.82. The number of hydrogen-bond acceptors (Lipinski definition) is 5. The minimum atomic E-state index is -3.71. The summed E-state index contributed by atoms with van der Waals surface area (Å²) >= 11 is 1.58. The molecule has 1 aromatic carbocycles. The Hall–Kier alpha value is -2.16. The molecular weight excluding hydrogens is 370 g/mol. The Balaban J connectivity index is 1.90. The summed E-state index contributed by atoms with van der Waals surface area (Å²) in [7, 11) is -2.26. The van der Waals surface area contributed by atoms with Crippen molar-refractivity contribution < 1.29 is 13.2 Å². The molecule has 0 spiro atoms. The van der Waals surface area contributed by atoms with Gasteiger partial charge in [-0.1, -0.05) is 18.2 Å². The molecular formula is C18H21N3O3S2. The lowest BCUT2D eigenvalue weighted by Gasteiger charge is -2.19. The number of aromatic nitrogens is 2. The Morgan fingerprint density at radius 1 is 1.23 bits per heavy atom. The maximum absolute atomic E-state index is 12.8. The van der Waals surface area contributed by atoms with E-state index in [1.165, 1.54) is 13.2 Å². The lowest BCUT2D eigenvalue weighted by Crippen LogP contribution is -2.32. The van der Waals surface area contributed by atoms with Gasteiger partial charge in [-0.05, 0) is 43.5 Å². The summed E-state index contributed by atoms with van der Waals surface area (Å²) in [4.78, 5) is 1.17. The Morgan fingerprint density at radius 2 is 2.00 bits per heavy atom. The average molecular weight is 392 g/mol. The van der Waals surface area contributed by atoms with Gasteiger partial charge in [0.1, 0.15) is 10.6 Å². The maximum Gasteiger partial charge on any atom is 0.244 e. The molecule has 1 N–H and O–H groups in total. The number of hydrogen-bond donors (Lipinski definition) is 1. The highest BCUT2D eigenvalue weighted by Gasteiger charge is 2.24. The van der Waals surface area contributed by atoms with Crippen LogP contribution in [0.2, 0.25) is 0 Å². The summed E-state index contributed by atoms with van der Waals surface area (Å²) in [6.45, 7) is 4.09. The van der Waals surface area contributed by atoms with Gasteiger partial charge >= 0.3 is 0 Å². The lowest BCUT2D eigenvalue weighted by atomic mass is 10.2. The van der Waals surface area contributed by atoms with Gasteiger partial charge in [0.2, 0.25) is 10.0 Å². The number of thiophene rings is 1. The van der Waals surface area contributed by atoms with Crippen LogP contribution in [0.25, 0.3) is 0 Å². The molecule has 0 saturated heterocycles. The first-order valence-electron chi connectivity index (χ1n) is 8.11. The molecule has 0 fully saturated rings. The Bertz CT molecular complexity index is 979. The molecule has 1 unspecified atom stereocenters. The Kier molecular flexibility index (Phi) is 5.45. The lowest BCUT2D eigenvalue weighted by molar-refractivity contribution is 0.402. The summed E-state index contributed by atoms with van der Waals surface area (Å²) in [6, 6.07) is 12.3. The second-order valence-corrected chi connectivity index (χ2v) is 8.62.